The average Bonchev–Trinajstić information content (AvgIpc) is 2.34. The summed E-state index contributed by atoms with van der Waals surface area (Å²) in [6.07, 6.45) is 3.69. The molecule has 0 amide bonds. The highest BCUT2D eigenvalue weighted by Gasteiger charge is 2.14. The maximum Gasteiger partial charge on any atom is 0.0600 e. The molecule has 0 saturated heterocycles. The lowest BCUT2D eigenvalue weighted by molar-refractivity contribution is 0.685. The van der Waals surface area contributed by atoms with Crippen LogP contribution in [0, 0.1) is 6.92 Å². The maximum atomic E-state index is 4.17. The quantitative estimate of drug-likeness (QED) is 0.936. The van der Waals surface area contributed by atoms with E-state index in [1.807, 2.05) is 19.3 Å². The number of halogens is 1. The van der Waals surface area contributed by atoms with E-state index in [4.69, 9.17) is 0 Å². The Hall–Kier alpha value is -1.19. The van der Waals surface area contributed by atoms with Gasteiger partial charge in [-0.2, -0.15) is 0 Å². The normalized spacial score (nSPS) is 12.4. The first-order valence-electron chi connectivity index (χ1n) is 5.55. The predicted octanol–water partition coefficient (Wildman–Crippen LogP) is 3.46. The fourth-order valence-electron chi connectivity index (χ4n) is 1.91. The van der Waals surface area contributed by atoms with Gasteiger partial charge >= 0.3 is 0 Å². The second-order valence-electron chi connectivity index (χ2n) is 4.03. The monoisotopic (exact) mass is 290 g/mol. The molecule has 17 heavy (non-hydrogen) atoms. The van der Waals surface area contributed by atoms with Crippen LogP contribution in [0.15, 0.2) is 47.2 Å². The number of aryl methyl sites for hydroxylation is 1. The first-order valence-corrected chi connectivity index (χ1v) is 6.35. The van der Waals surface area contributed by atoms with Gasteiger partial charge in [-0.05, 0) is 42.8 Å². The van der Waals surface area contributed by atoms with Crippen LogP contribution < -0.4 is 5.32 Å². The topological polar surface area (TPSA) is 24.9 Å². The molecule has 1 atom stereocenters. The highest BCUT2D eigenvalue weighted by atomic mass is 79.9. The standard InChI is InChI=1S/C14H15BrN2/c1-10-5-6-12(13(15)8-10)14(16-2)11-4-3-7-17-9-11/h3-9,14,16H,1-2H3. The molecule has 1 aromatic carbocycles. The molecule has 1 unspecified atom stereocenters. The van der Waals surface area contributed by atoms with Crippen molar-refractivity contribution in [2.45, 2.75) is 13.0 Å². The van der Waals surface area contributed by atoms with E-state index < -0.39 is 0 Å². The fraction of sp³-hybridized carbons (Fsp3) is 0.214. The van der Waals surface area contributed by atoms with Crippen molar-refractivity contribution in [3.63, 3.8) is 0 Å². The number of nitrogens with zero attached hydrogens (tertiary/aromatic N) is 1. The Bertz CT molecular complexity index is 497. The van der Waals surface area contributed by atoms with Crippen LogP contribution in [-0.4, -0.2) is 12.0 Å². The molecule has 0 spiro atoms. The fourth-order valence-corrected chi connectivity index (χ4v) is 2.64. The van der Waals surface area contributed by atoms with Gasteiger partial charge in [0.1, 0.15) is 0 Å². The van der Waals surface area contributed by atoms with Gasteiger partial charge in [0.05, 0.1) is 6.04 Å². The van der Waals surface area contributed by atoms with Crippen LogP contribution in [0.25, 0.3) is 0 Å². The van der Waals surface area contributed by atoms with Crippen LogP contribution >= 0.6 is 15.9 Å². The first kappa shape index (κ1) is 12.3. The van der Waals surface area contributed by atoms with Crippen LogP contribution in [0.1, 0.15) is 22.7 Å². The van der Waals surface area contributed by atoms with E-state index >= 15 is 0 Å². The lowest BCUT2D eigenvalue weighted by atomic mass is 9.99. The largest absolute Gasteiger partial charge is 0.309 e. The Morgan fingerprint density at radius 2 is 2.12 bits per heavy atom. The van der Waals surface area contributed by atoms with Crippen LogP contribution in [0.5, 0.6) is 0 Å². The summed E-state index contributed by atoms with van der Waals surface area (Å²) in [6.45, 7) is 2.09. The second-order valence-corrected chi connectivity index (χ2v) is 4.89. The summed E-state index contributed by atoms with van der Waals surface area (Å²) < 4.78 is 1.13. The molecule has 1 N–H and O–H groups in total. The third-order valence-electron chi connectivity index (χ3n) is 2.77. The summed E-state index contributed by atoms with van der Waals surface area (Å²) in [5.41, 5.74) is 3.65. The number of rotatable bonds is 3. The number of hydrogen-bond donors (Lipinski definition) is 1. The molecular formula is C14H15BrN2. The van der Waals surface area contributed by atoms with E-state index in [1.54, 1.807) is 6.20 Å². The Morgan fingerprint density at radius 3 is 2.71 bits per heavy atom. The summed E-state index contributed by atoms with van der Waals surface area (Å²) in [6, 6.07) is 10.6. The minimum absolute atomic E-state index is 0.165. The van der Waals surface area contributed by atoms with E-state index in [1.165, 1.54) is 16.7 Å². The van der Waals surface area contributed by atoms with Gasteiger partial charge in [0, 0.05) is 16.9 Å². The smallest absolute Gasteiger partial charge is 0.0600 e. The molecule has 2 nitrogen and oxygen atoms in total. The molecule has 2 rings (SSSR count). The third kappa shape index (κ3) is 2.73. The molecule has 0 bridgehead atoms. The zero-order valence-electron chi connectivity index (χ0n) is 9.94. The van der Waals surface area contributed by atoms with Crippen molar-refractivity contribution in [1.82, 2.24) is 10.3 Å². The van der Waals surface area contributed by atoms with Crippen LogP contribution in [0.3, 0.4) is 0 Å². The molecule has 2 aromatic rings. The van der Waals surface area contributed by atoms with Gasteiger partial charge in [0.2, 0.25) is 0 Å². The van der Waals surface area contributed by atoms with Crippen molar-refractivity contribution in [2.75, 3.05) is 7.05 Å². The van der Waals surface area contributed by atoms with Gasteiger partial charge in [-0.15, -0.1) is 0 Å². The van der Waals surface area contributed by atoms with Crippen LogP contribution in [0.4, 0.5) is 0 Å². The van der Waals surface area contributed by atoms with Gasteiger partial charge in [-0.25, -0.2) is 0 Å². The van der Waals surface area contributed by atoms with E-state index in [0.29, 0.717) is 0 Å². The van der Waals surface area contributed by atoms with Gasteiger partial charge in [0.15, 0.2) is 0 Å². The zero-order chi connectivity index (χ0) is 12.3. The van der Waals surface area contributed by atoms with Crippen molar-refractivity contribution >= 4 is 15.9 Å². The second kappa shape index (κ2) is 5.43. The zero-order valence-corrected chi connectivity index (χ0v) is 11.5. The number of aromatic nitrogens is 1. The Labute approximate surface area is 110 Å². The molecule has 3 heteroatoms. The van der Waals surface area contributed by atoms with E-state index in [9.17, 15) is 0 Å². The molecule has 0 aliphatic carbocycles. The summed E-state index contributed by atoms with van der Waals surface area (Å²) in [7, 11) is 1.96. The van der Waals surface area contributed by atoms with Crippen molar-refractivity contribution in [2.24, 2.45) is 0 Å². The van der Waals surface area contributed by atoms with Gasteiger partial charge in [-0.3, -0.25) is 4.98 Å². The summed E-state index contributed by atoms with van der Waals surface area (Å²) in [5.74, 6) is 0. The van der Waals surface area contributed by atoms with E-state index in [2.05, 4.69) is 57.4 Å². The highest BCUT2D eigenvalue weighted by Crippen LogP contribution is 2.28. The number of nitrogens with one attached hydrogen (secondary N) is 1. The molecular weight excluding hydrogens is 276 g/mol. The molecule has 0 fully saturated rings. The molecule has 0 aliphatic rings. The number of pyridine rings is 1. The number of benzene rings is 1. The molecule has 1 aromatic heterocycles. The van der Waals surface area contributed by atoms with Gasteiger partial charge in [-0.1, -0.05) is 34.1 Å². The molecule has 0 aliphatic heterocycles. The molecule has 1 heterocycles. The van der Waals surface area contributed by atoms with Crippen LogP contribution in [0.2, 0.25) is 0 Å². The first-order chi connectivity index (χ1) is 8.22. The Morgan fingerprint density at radius 1 is 1.29 bits per heavy atom. The molecule has 88 valence electrons. The number of hydrogen-bond acceptors (Lipinski definition) is 2. The highest BCUT2D eigenvalue weighted by molar-refractivity contribution is 9.10. The maximum absolute atomic E-state index is 4.17. The van der Waals surface area contributed by atoms with Crippen molar-refractivity contribution in [3.8, 4) is 0 Å². The van der Waals surface area contributed by atoms with E-state index in [-0.39, 0.29) is 6.04 Å². The summed E-state index contributed by atoms with van der Waals surface area (Å²) >= 11 is 3.63. The van der Waals surface area contributed by atoms with E-state index in [0.717, 1.165) is 4.47 Å². The lowest BCUT2D eigenvalue weighted by Gasteiger charge is -2.18. The van der Waals surface area contributed by atoms with Gasteiger partial charge < -0.3 is 5.32 Å². The lowest BCUT2D eigenvalue weighted by Crippen LogP contribution is -2.18. The Kier molecular flexibility index (Phi) is 3.92. The Balaban J connectivity index is 2.42. The molecule has 0 saturated carbocycles. The van der Waals surface area contributed by atoms with Crippen molar-refractivity contribution in [3.05, 3.63) is 63.9 Å². The summed E-state index contributed by atoms with van der Waals surface area (Å²) in [4.78, 5) is 4.17. The molecule has 0 radical (unpaired) electrons. The third-order valence-corrected chi connectivity index (χ3v) is 3.46. The summed E-state index contributed by atoms with van der Waals surface area (Å²) in [5, 5.41) is 3.32. The average molecular weight is 291 g/mol. The van der Waals surface area contributed by atoms with Gasteiger partial charge in [0.25, 0.3) is 0 Å². The van der Waals surface area contributed by atoms with Crippen molar-refractivity contribution < 1.29 is 0 Å². The predicted molar refractivity (Wildman–Crippen MR) is 74.0 cm³/mol. The minimum atomic E-state index is 0.165. The van der Waals surface area contributed by atoms with Crippen molar-refractivity contribution in [1.29, 1.82) is 0 Å². The SMILES string of the molecule is CNC(c1cccnc1)c1ccc(C)cc1Br. The van der Waals surface area contributed by atoms with Crippen LogP contribution in [-0.2, 0) is 0 Å². The minimum Gasteiger partial charge on any atom is -0.309 e.